The predicted molar refractivity (Wildman–Crippen MR) is 108 cm³/mol. The molecule has 0 aliphatic heterocycles. The molecule has 3 N–H and O–H groups in total. The molecule has 3 aromatic rings. The number of hydrogen-bond donors (Lipinski definition) is 3. The maximum absolute atomic E-state index is 13.4. The summed E-state index contributed by atoms with van der Waals surface area (Å²) in [6.07, 6.45) is 2.70. The van der Waals surface area contributed by atoms with Gasteiger partial charge in [-0.25, -0.2) is 18.6 Å². The molecule has 0 aliphatic carbocycles. The highest BCUT2D eigenvalue weighted by atomic mass is 32.2. The van der Waals surface area contributed by atoms with Gasteiger partial charge in [0.2, 0.25) is 0 Å². The Bertz CT molecular complexity index is 929. The Morgan fingerprint density at radius 2 is 1.96 bits per heavy atom. The van der Waals surface area contributed by atoms with Gasteiger partial charge in [0.1, 0.15) is 5.82 Å². The minimum absolute atomic E-state index is 0.294. The minimum atomic E-state index is -0.938. The van der Waals surface area contributed by atoms with E-state index in [1.807, 2.05) is 30.5 Å². The zero-order chi connectivity index (χ0) is 20.1. The van der Waals surface area contributed by atoms with Crippen LogP contribution in [0.1, 0.15) is 36.8 Å². The van der Waals surface area contributed by atoms with Gasteiger partial charge in [0, 0.05) is 0 Å². The minimum Gasteiger partial charge on any atom is -0.340 e. The number of aromatic nitrogens is 2. The lowest BCUT2D eigenvalue weighted by Crippen LogP contribution is -2.39. The number of halogens is 2. The SMILES string of the molecule is CSCC[C@H](NC(=O)NC(C)c1ccc(F)c(F)c1)c1nc2ccccc2[nH]1. The number of aromatic amines is 1. The molecule has 0 saturated heterocycles. The van der Waals surface area contributed by atoms with Crippen molar-refractivity contribution in [3.05, 3.63) is 65.5 Å². The van der Waals surface area contributed by atoms with Gasteiger partial charge < -0.3 is 15.6 Å². The van der Waals surface area contributed by atoms with E-state index in [1.54, 1.807) is 18.7 Å². The summed E-state index contributed by atoms with van der Waals surface area (Å²) in [5, 5.41) is 5.70. The normalized spacial score (nSPS) is 13.3. The summed E-state index contributed by atoms with van der Waals surface area (Å²) in [6, 6.07) is 10.1. The van der Waals surface area contributed by atoms with Crippen LogP contribution in [0, 0.1) is 11.6 Å². The van der Waals surface area contributed by atoms with Gasteiger partial charge in [-0.3, -0.25) is 0 Å². The van der Waals surface area contributed by atoms with Crippen LogP contribution in [0.3, 0.4) is 0 Å². The van der Waals surface area contributed by atoms with Crippen molar-refractivity contribution in [2.45, 2.75) is 25.4 Å². The summed E-state index contributed by atoms with van der Waals surface area (Å²) >= 11 is 1.68. The zero-order valence-corrected chi connectivity index (χ0v) is 16.4. The molecule has 1 unspecified atom stereocenters. The summed E-state index contributed by atoms with van der Waals surface area (Å²) < 4.78 is 26.5. The molecule has 0 aliphatic rings. The van der Waals surface area contributed by atoms with E-state index in [0.29, 0.717) is 17.8 Å². The van der Waals surface area contributed by atoms with Crippen LogP contribution in [0.5, 0.6) is 0 Å². The van der Waals surface area contributed by atoms with Gasteiger partial charge in [0.15, 0.2) is 11.6 Å². The van der Waals surface area contributed by atoms with Crippen molar-refractivity contribution in [3.8, 4) is 0 Å². The van der Waals surface area contributed by atoms with E-state index >= 15 is 0 Å². The number of amides is 2. The predicted octanol–water partition coefficient (Wildman–Crippen LogP) is 4.70. The lowest BCUT2D eigenvalue weighted by molar-refractivity contribution is 0.233. The van der Waals surface area contributed by atoms with Crippen molar-refractivity contribution in [1.29, 1.82) is 0 Å². The second-order valence-corrected chi connectivity index (χ2v) is 7.47. The standard InChI is InChI=1S/C20H22F2N4OS/c1-12(13-7-8-14(21)15(22)11-13)23-20(27)26-18(9-10-28-2)19-24-16-5-3-4-6-17(16)25-19/h3-8,11-12,18H,9-10H2,1-2H3,(H,24,25)(H2,23,26,27)/t12?,18-/m0/s1. The Morgan fingerprint density at radius 3 is 2.68 bits per heavy atom. The van der Waals surface area contributed by atoms with Crippen LogP contribution in [0.2, 0.25) is 0 Å². The third-order valence-electron chi connectivity index (χ3n) is 4.44. The average molecular weight is 404 g/mol. The first-order valence-corrected chi connectivity index (χ1v) is 10.3. The molecule has 3 rings (SSSR count). The van der Waals surface area contributed by atoms with E-state index in [4.69, 9.17) is 0 Å². The number of para-hydroxylation sites is 2. The van der Waals surface area contributed by atoms with E-state index in [9.17, 15) is 13.6 Å². The first-order chi connectivity index (χ1) is 13.5. The Hall–Kier alpha value is -2.61. The van der Waals surface area contributed by atoms with Crippen molar-refractivity contribution in [2.75, 3.05) is 12.0 Å². The fraction of sp³-hybridized carbons (Fsp3) is 0.300. The Balaban J connectivity index is 1.70. The number of nitrogens with one attached hydrogen (secondary N) is 3. The van der Waals surface area contributed by atoms with Gasteiger partial charge in [-0.1, -0.05) is 18.2 Å². The van der Waals surface area contributed by atoms with Gasteiger partial charge in [0.05, 0.1) is 23.1 Å². The summed E-state index contributed by atoms with van der Waals surface area (Å²) in [5.41, 5.74) is 2.23. The quantitative estimate of drug-likeness (QED) is 0.535. The first kappa shape index (κ1) is 20.1. The molecule has 2 atom stereocenters. The largest absolute Gasteiger partial charge is 0.340 e. The van der Waals surface area contributed by atoms with Gasteiger partial charge >= 0.3 is 6.03 Å². The monoisotopic (exact) mass is 404 g/mol. The van der Waals surface area contributed by atoms with Crippen molar-refractivity contribution in [2.24, 2.45) is 0 Å². The highest BCUT2D eigenvalue weighted by Gasteiger charge is 2.20. The van der Waals surface area contributed by atoms with Crippen LogP contribution in [0.15, 0.2) is 42.5 Å². The molecule has 2 amide bonds. The molecule has 148 valence electrons. The number of rotatable bonds is 7. The molecule has 0 radical (unpaired) electrons. The summed E-state index contributed by atoms with van der Waals surface area (Å²) in [7, 11) is 0. The topological polar surface area (TPSA) is 69.8 Å². The van der Waals surface area contributed by atoms with Gasteiger partial charge in [-0.2, -0.15) is 11.8 Å². The molecule has 0 spiro atoms. The van der Waals surface area contributed by atoms with E-state index in [2.05, 4.69) is 20.6 Å². The molecule has 0 fully saturated rings. The average Bonchev–Trinajstić information content (AvgIpc) is 3.11. The number of fused-ring (bicyclic) bond motifs is 1. The molecule has 8 heteroatoms. The van der Waals surface area contributed by atoms with Gasteiger partial charge in [0.25, 0.3) is 0 Å². The lowest BCUT2D eigenvalue weighted by Gasteiger charge is -2.20. The van der Waals surface area contributed by atoms with Crippen LogP contribution in [0.4, 0.5) is 13.6 Å². The van der Waals surface area contributed by atoms with Crippen molar-refractivity contribution >= 4 is 28.8 Å². The Labute approximate surface area is 166 Å². The number of H-pyrrole nitrogens is 1. The molecular formula is C20H22F2N4OS. The maximum Gasteiger partial charge on any atom is 0.315 e. The van der Waals surface area contributed by atoms with Crippen LogP contribution < -0.4 is 10.6 Å². The molecule has 1 heterocycles. The Morgan fingerprint density at radius 1 is 1.18 bits per heavy atom. The third-order valence-corrected chi connectivity index (χ3v) is 5.09. The van der Waals surface area contributed by atoms with Crippen LogP contribution >= 0.6 is 11.8 Å². The van der Waals surface area contributed by atoms with Gasteiger partial charge in [-0.05, 0) is 55.2 Å². The maximum atomic E-state index is 13.4. The van der Waals surface area contributed by atoms with Crippen LogP contribution in [-0.4, -0.2) is 28.0 Å². The third kappa shape index (κ3) is 4.81. The van der Waals surface area contributed by atoms with E-state index in [0.717, 1.165) is 28.9 Å². The smallest absolute Gasteiger partial charge is 0.315 e. The van der Waals surface area contributed by atoms with Crippen LogP contribution in [-0.2, 0) is 0 Å². The number of hydrogen-bond acceptors (Lipinski definition) is 3. The number of thioether (sulfide) groups is 1. The number of carbonyl (C=O) groups excluding carboxylic acids is 1. The molecule has 0 saturated carbocycles. The van der Waals surface area contributed by atoms with Crippen molar-refractivity contribution in [1.82, 2.24) is 20.6 Å². The Kier molecular flexibility index (Phi) is 6.51. The lowest BCUT2D eigenvalue weighted by atomic mass is 10.1. The highest BCUT2D eigenvalue weighted by Crippen LogP contribution is 2.21. The molecule has 0 bridgehead atoms. The molecule has 5 nitrogen and oxygen atoms in total. The van der Waals surface area contributed by atoms with Gasteiger partial charge in [-0.15, -0.1) is 0 Å². The zero-order valence-electron chi connectivity index (χ0n) is 15.6. The molecular weight excluding hydrogens is 382 g/mol. The molecule has 2 aromatic carbocycles. The fourth-order valence-electron chi connectivity index (χ4n) is 2.91. The second-order valence-electron chi connectivity index (χ2n) is 6.49. The van der Waals surface area contributed by atoms with E-state index < -0.39 is 23.7 Å². The number of imidazole rings is 1. The van der Waals surface area contributed by atoms with Crippen molar-refractivity contribution < 1.29 is 13.6 Å². The second kappa shape index (κ2) is 9.05. The number of carbonyl (C=O) groups is 1. The number of nitrogens with zero attached hydrogens (tertiary/aromatic N) is 1. The molecule has 28 heavy (non-hydrogen) atoms. The summed E-state index contributed by atoms with van der Waals surface area (Å²) in [5.74, 6) is -0.319. The number of urea groups is 1. The summed E-state index contributed by atoms with van der Waals surface area (Å²) in [4.78, 5) is 20.3. The highest BCUT2D eigenvalue weighted by molar-refractivity contribution is 7.98. The molecule has 1 aromatic heterocycles. The van der Waals surface area contributed by atoms with Crippen molar-refractivity contribution in [3.63, 3.8) is 0 Å². The van der Waals surface area contributed by atoms with E-state index in [1.165, 1.54) is 6.07 Å². The number of benzene rings is 2. The van der Waals surface area contributed by atoms with Crippen LogP contribution in [0.25, 0.3) is 11.0 Å². The first-order valence-electron chi connectivity index (χ1n) is 8.93. The summed E-state index contributed by atoms with van der Waals surface area (Å²) in [6.45, 7) is 1.71. The van der Waals surface area contributed by atoms with E-state index in [-0.39, 0.29) is 6.04 Å². The fourth-order valence-corrected chi connectivity index (χ4v) is 3.38.